The Bertz CT molecular complexity index is 897. The monoisotopic (exact) mass is 427 g/mol. The third-order valence-electron chi connectivity index (χ3n) is 5.68. The molecule has 1 heterocycles. The standard InChI is InChI=1S/C24H30FN3O3/c1-3-28(16-18-7-6-8-20(25)15-18)23(29)17-27-13-11-19(12-14-27)24(30)26-21-9-4-5-10-22(21)31-2/h4-10,15,19H,3,11-14,16-17H2,1-2H3,(H,26,30). The van der Waals surface area contributed by atoms with Gasteiger partial charge in [-0.1, -0.05) is 24.3 Å². The molecule has 1 fully saturated rings. The number of nitrogens with one attached hydrogen (secondary N) is 1. The number of benzene rings is 2. The van der Waals surface area contributed by atoms with Gasteiger partial charge < -0.3 is 15.0 Å². The van der Waals surface area contributed by atoms with E-state index >= 15 is 0 Å². The van der Waals surface area contributed by atoms with Crippen LogP contribution in [0.3, 0.4) is 0 Å². The molecule has 1 aliphatic heterocycles. The Hall–Kier alpha value is -2.93. The lowest BCUT2D eigenvalue weighted by Crippen LogP contribution is -2.44. The van der Waals surface area contributed by atoms with Gasteiger partial charge in [0.2, 0.25) is 11.8 Å². The number of halogens is 1. The van der Waals surface area contributed by atoms with Crippen molar-refractivity contribution >= 4 is 17.5 Å². The fourth-order valence-electron chi connectivity index (χ4n) is 3.86. The summed E-state index contributed by atoms with van der Waals surface area (Å²) in [5.41, 5.74) is 1.45. The number of likely N-dealkylation sites (N-methyl/N-ethyl adjacent to an activating group) is 1. The quantitative estimate of drug-likeness (QED) is 0.700. The van der Waals surface area contributed by atoms with Gasteiger partial charge in [-0.3, -0.25) is 14.5 Å². The third-order valence-corrected chi connectivity index (χ3v) is 5.68. The van der Waals surface area contributed by atoms with Gasteiger partial charge in [0.1, 0.15) is 11.6 Å². The van der Waals surface area contributed by atoms with Crippen molar-refractivity contribution < 1.29 is 18.7 Å². The van der Waals surface area contributed by atoms with Crippen molar-refractivity contribution in [1.29, 1.82) is 0 Å². The van der Waals surface area contributed by atoms with Crippen molar-refractivity contribution in [3.8, 4) is 5.75 Å². The van der Waals surface area contributed by atoms with E-state index in [4.69, 9.17) is 4.74 Å². The van der Waals surface area contributed by atoms with E-state index in [1.165, 1.54) is 12.1 Å². The minimum Gasteiger partial charge on any atom is -0.495 e. The number of carbonyl (C=O) groups excluding carboxylic acids is 2. The van der Waals surface area contributed by atoms with E-state index in [-0.39, 0.29) is 23.5 Å². The molecule has 1 N–H and O–H groups in total. The van der Waals surface area contributed by atoms with Crippen LogP contribution in [0.2, 0.25) is 0 Å². The van der Waals surface area contributed by atoms with Crippen LogP contribution in [0.5, 0.6) is 5.75 Å². The fraction of sp³-hybridized carbons (Fsp3) is 0.417. The number of amides is 2. The number of anilines is 1. The summed E-state index contributed by atoms with van der Waals surface area (Å²) in [4.78, 5) is 29.2. The number of hydrogen-bond acceptors (Lipinski definition) is 4. The SMILES string of the molecule is CCN(Cc1cccc(F)c1)C(=O)CN1CCC(C(=O)Nc2ccccc2OC)CC1. The molecule has 0 aliphatic carbocycles. The Morgan fingerprint density at radius 3 is 2.58 bits per heavy atom. The first-order valence-electron chi connectivity index (χ1n) is 10.7. The molecular formula is C24H30FN3O3. The number of piperidine rings is 1. The summed E-state index contributed by atoms with van der Waals surface area (Å²) >= 11 is 0. The Balaban J connectivity index is 1.48. The number of methoxy groups -OCH3 is 1. The molecule has 31 heavy (non-hydrogen) atoms. The van der Waals surface area contributed by atoms with Gasteiger partial charge in [-0.05, 0) is 62.7 Å². The molecule has 0 atom stereocenters. The highest BCUT2D eigenvalue weighted by Gasteiger charge is 2.27. The smallest absolute Gasteiger partial charge is 0.237 e. The van der Waals surface area contributed by atoms with Crippen molar-refractivity contribution in [1.82, 2.24) is 9.80 Å². The Labute approximate surface area is 183 Å². The number of likely N-dealkylation sites (tertiary alicyclic amines) is 1. The van der Waals surface area contributed by atoms with E-state index in [2.05, 4.69) is 10.2 Å². The zero-order chi connectivity index (χ0) is 22.2. The van der Waals surface area contributed by atoms with Gasteiger partial charge in [-0.15, -0.1) is 0 Å². The average molecular weight is 428 g/mol. The number of para-hydroxylation sites is 2. The maximum atomic E-state index is 13.4. The van der Waals surface area contributed by atoms with Gasteiger partial charge in [-0.2, -0.15) is 0 Å². The van der Waals surface area contributed by atoms with Gasteiger partial charge in [-0.25, -0.2) is 4.39 Å². The highest BCUT2D eigenvalue weighted by atomic mass is 19.1. The molecule has 166 valence electrons. The molecule has 0 spiro atoms. The number of ether oxygens (including phenoxy) is 1. The third kappa shape index (κ3) is 6.28. The van der Waals surface area contributed by atoms with E-state index in [9.17, 15) is 14.0 Å². The lowest BCUT2D eigenvalue weighted by molar-refractivity contribution is -0.133. The minimum absolute atomic E-state index is 0.0169. The predicted octanol–water partition coefficient (Wildman–Crippen LogP) is 3.53. The van der Waals surface area contributed by atoms with Crippen molar-refractivity contribution in [2.45, 2.75) is 26.3 Å². The van der Waals surface area contributed by atoms with Gasteiger partial charge in [0.25, 0.3) is 0 Å². The molecule has 2 aromatic rings. The molecule has 0 aromatic heterocycles. The summed E-state index contributed by atoms with van der Waals surface area (Å²) in [5.74, 6) is 0.248. The summed E-state index contributed by atoms with van der Waals surface area (Å²) in [6.45, 7) is 4.56. The average Bonchev–Trinajstić information content (AvgIpc) is 2.78. The summed E-state index contributed by atoms with van der Waals surface area (Å²) in [6.07, 6.45) is 1.40. The maximum Gasteiger partial charge on any atom is 0.237 e. The molecule has 1 aliphatic rings. The molecule has 6 nitrogen and oxygen atoms in total. The van der Waals surface area contributed by atoms with Gasteiger partial charge in [0, 0.05) is 19.0 Å². The molecule has 0 bridgehead atoms. The van der Waals surface area contributed by atoms with Crippen LogP contribution < -0.4 is 10.1 Å². The Morgan fingerprint density at radius 1 is 1.16 bits per heavy atom. The van der Waals surface area contributed by atoms with Crippen LogP contribution in [0.15, 0.2) is 48.5 Å². The first-order chi connectivity index (χ1) is 15.0. The van der Waals surface area contributed by atoms with E-state index in [1.54, 1.807) is 18.1 Å². The van der Waals surface area contributed by atoms with Gasteiger partial charge in [0.15, 0.2) is 0 Å². The van der Waals surface area contributed by atoms with Crippen LogP contribution in [0.4, 0.5) is 10.1 Å². The second kappa shape index (κ2) is 10.9. The lowest BCUT2D eigenvalue weighted by atomic mass is 9.95. The molecular weight excluding hydrogens is 397 g/mol. The topological polar surface area (TPSA) is 61.9 Å². The summed E-state index contributed by atoms with van der Waals surface area (Å²) in [6, 6.07) is 13.7. The predicted molar refractivity (Wildman–Crippen MR) is 118 cm³/mol. The summed E-state index contributed by atoms with van der Waals surface area (Å²) in [7, 11) is 1.58. The fourth-order valence-corrected chi connectivity index (χ4v) is 3.86. The summed E-state index contributed by atoms with van der Waals surface area (Å²) < 4.78 is 18.7. The first kappa shape index (κ1) is 22.7. The van der Waals surface area contributed by atoms with Crippen molar-refractivity contribution in [2.24, 2.45) is 5.92 Å². The normalized spacial score (nSPS) is 14.8. The van der Waals surface area contributed by atoms with Gasteiger partial charge >= 0.3 is 0 Å². The number of hydrogen-bond donors (Lipinski definition) is 1. The van der Waals surface area contributed by atoms with E-state index in [0.29, 0.717) is 57.0 Å². The number of carbonyl (C=O) groups is 2. The van der Waals surface area contributed by atoms with Crippen LogP contribution in [0.25, 0.3) is 0 Å². The minimum atomic E-state index is -0.297. The molecule has 3 rings (SSSR count). The Morgan fingerprint density at radius 2 is 1.90 bits per heavy atom. The highest BCUT2D eigenvalue weighted by molar-refractivity contribution is 5.94. The van der Waals surface area contributed by atoms with Crippen LogP contribution in [-0.4, -0.2) is 54.9 Å². The van der Waals surface area contributed by atoms with E-state index in [1.807, 2.05) is 37.3 Å². The largest absolute Gasteiger partial charge is 0.495 e. The number of rotatable bonds is 8. The molecule has 0 radical (unpaired) electrons. The second-order valence-corrected chi connectivity index (χ2v) is 7.78. The van der Waals surface area contributed by atoms with Crippen LogP contribution in [-0.2, 0) is 16.1 Å². The van der Waals surface area contributed by atoms with Crippen molar-refractivity contribution in [3.63, 3.8) is 0 Å². The molecule has 2 amide bonds. The van der Waals surface area contributed by atoms with E-state index in [0.717, 1.165) is 5.56 Å². The first-order valence-corrected chi connectivity index (χ1v) is 10.7. The van der Waals surface area contributed by atoms with Crippen LogP contribution >= 0.6 is 0 Å². The zero-order valence-electron chi connectivity index (χ0n) is 18.1. The molecule has 0 saturated carbocycles. The Kier molecular flexibility index (Phi) is 8.00. The summed E-state index contributed by atoms with van der Waals surface area (Å²) in [5, 5.41) is 2.96. The van der Waals surface area contributed by atoms with Gasteiger partial charge in [0.05, 0.1) is 19.3 Å². The number of nitrogens with zero attached hydrogens (tertiary/aromatic N) is 2. The molecule has 7 heteroatoms. The lowest BCUT2D eigenvalue weighted by Gasteiger charge is -2.32. The second-order valence-electron chi connectivity index (χ2n) is 7.78. The zero-order valence-corrected chi connectivity index (χ0v) is 18.1. The van der Waals surface area contributed by atoms with Crippen molar-refractivity contribution in [3.05, 3.63) is 59.9 Å². The molecule has 0 unspecified atom stereocenters. The van der Waals surface area contributed by atoms with E-state index < -0.39 is 0 Å². The molecule has 1 saturated heterocycles. The van der Waals surface area contributed by atoms with Crippen molar-refractivity contribution in [2.75, 3.05) is 38.6 Å². The highest BCUT2D eigenvalue weighted by Crippen LogP contribution is 2.25. The van der Waals surface area contributed by atoms with Crippen LogP contribution in [0.1, 0.15) is 25.3 Å². The molecule has 2 aromatic carbocycles. The van der Waals surface area contributed by atoms with Crippen LogP contribution in [0, 0.1) is 11.7 Å². The maximum absolute atomic E-state index is 13.4.